The average Bonchev–Trinajstić information content (AvgIpc) is 2.53. The molecule has 120 valence electrons. The standard InChI is InChI=1S/C18H18O5/c1-18(2)8-7-13-14(17(21)22-10-9-19)15(20)11-5-3-4-6-12(11)16(13)23-18/h3-8,19-20H,9-10H2,1-2H3. The van der Waals surface area contributed by atoms with Crippen LogP contribution in [0.15, 0.2) is 30.3 Å². The first-order chi connectivity index (χ1) is 10.9. The number of aromatic hydroxyl groups is 1. The zero-order valence-electron chi connectivity index (χ0n) is 13.0. The van der Waals surface area contributed by atoms with Gasteiger partial charge in [0.25, 0.3) is 0 Å². The Morgan fingerprint density at radius 2 is 1.96 bits per heavy atom. The van der Waals surface area contributed by atoms with Crippen molar-refractivity contribution in [1.29, 1.82) is 0 Å². The fourth-order valence-corrected chi connectivity index (χ4v) is 2.68. The molecule has 1 aliphatic heterocycles. The summed E-state index contributed by atoms with van der Waals surface area (Å²) in [7, 11) is 0. The summed E-state index contributed by atoms with van der Waals surface area (Å²) in [6.07, 6.45) is 3.59. The minimum Gasteiger partial charge on any atom is -0.506 e. The number of aliphatic hydroxyl groups excluding tert-OH is 1. The van der Waals surface area contributed by atoms with Crippen molar-refractivity contribution >= 4 is 22.8 Å². The van der Waals surface area contributed by atoms with Gasteiger partial charge in [-0.25, -0.2) is 4.79 Å². The second-order valence-corrected chi connectivity index (χ2v) is 5.91. The number of phenols is 1. The molecule has 0 saturated carbocycles. The quantitative estimate of drug-likeness (QED) is 0.852. The zero-order chi connectivity index (χ0) is 16.6. The minimum absolute atomic E-state index is 0.0545. The number of esters is 1. The molecule has 5 nitrogen and oxygen atoms in total. The summed E-state index contributed by atoms with van der Waals surface area (Å²) in [6, 6.07) is 7.19. The maximum atomic E-state index is 12.3. The molecule has 23 heavy (non-hydrogen) atoms. The van der Waals surface area contributed by atoms with Gasteiger partial charge in [-0.15, -0.1) is 0 Å². The molecule has 0 spiro atoms. The summed E-state index contributed by atoms with van der Waals surface area (Å²) in [5, 5.41) is 20.6. The number of fused-ring (bicyclic) bond motifs is 3. The fourth-order valence-electron chi connectivity index (χ4n) is 2.68. The summed E-state index contributed by atoms with van der Waals surface area (Å²) < 4.78 is 11.0. The van der Waals surface area contributed by atoms with Gasteiger partial charge in [0.05, 0.1) is 6.61 Å². The van der Waals surface area contributed by atoms with Gasteiger partial charge in [-0.05, 0) is 19.9 Å². The first kappa shape index (κ1) is 15.4. The highest BCUT2D eigenvalue weighted by Gasteiger charge is 2.30. The third-order valence-electron chi connectivity index (χ3n) is 3.72. The van der Waals surface area contributed by atoms with E-state index < -0.39 is 11.6 Å². The Balaban J connectivity index is 2.28. The van der Waals surface area contributed by atoms with E-state index in [1.807, 2.05) is 32.1 Å². The average molecular weight is 314 g/mol. The summed E-state index contributed by atoms with van der Waals surface area (Å²) in [5.74, 6) is -0.288. The number of hydrogen-bond donors (Lipinski definition) is 2. The van der Waals surface area contributed by atoms with Crippen molar-refractivity contribution in [1.82, 2.24) is 0 Å². The largest absolute Gasteiger partial charge is 0.506 e. The maximum absolute atomic E-state index is 12.3. The normalized spacial score (nSPS) is 15.1. The number of ether oxygens (including phenoxy) is 2. The van der Waals surface area contributed by atoms with Crippen molar-refractivity contribution in [2.75, 3.05) is 13.2 Å². The van der Waals surface area contributed by atoms with Gasteiger partial charge in [0, 0.05) is 16.3 Å². The number of carbonyl (C=O) groups excluding carboxylic acids is 1. The number of aliphatic hydroxyl groups is 1. The molecular formula is C18H18O5. The van der Waals surface area contributed by atoms with Gasteiger partial charge in [-0.2, -0.15) is 0 Å². The monoisotopic (exact) mass is 314 g/mol. The minimum atomic E-state index is -0.688. The summed E-state index contributed by atoms with van der Waals surface area (Å²) in [6.45, 7) is 3.42. The topological polar surface area (TPSA) is 76.0 Å². The number of benzene rings is 2. The molecule has 2 aromatic carbocycles. The molecule has 0 atom stereocenters. The van der Waals surface area contributed by atoms with Crippen LogP contribution in [0, 0.1) is 0 Å². The van der Waals surface area contributed by atoms with Crippen LogP contribution in [0.4, 0.5) is 0 Å². The van der Waals surface area contributed by atoms with Crippen LogP contribution in [-0.4, -0.2) is 35.0 Å². The second kappa shape index (κ2) is 5.59. The van der Waals surface area contributed by atoms with Gasteiger partial charge in [0.2, 0.25) is 0 Å². The Hall–Kier alpha value is -2.53. The Bertz CT molecular complexity index is 805. The lowest BCUT2D eigenvalue weighted by atomic mass is 9.93. The Kier molecular flexibility index (Phi) is 3.74. The lowest BCUT2D eigenvalue weighted by molar-refractivity contribution is 0.0429. The third kappa shape index (κ3) is 2.64. The summed E-state index contributed by atoms with van der Waals surface area (Å²) >= 11 is 0. The van der Waals surface area contributed by atoms with E-state index in [1.54, 1.807) is 18.2 Å². The van der Waals surface area contributed by atoms with Gasteiger partial charge in [-0.1, -0.05) is 30.3 Å². The molecule has 0 aliphatic carbocycles. The molecule has 1 heterocycles. The van der Waals surface area contributed by atoms with E-state index in [4.69, 9.17) is 14.6 Å². The smallest absolute Gasteiger partial charge is 0.342 e. The predicted molar refractivity (Wildman–Crippen MR) is 86.7 cm³/mol. The van der Waals surface area contributed by atoms with Gasteiger partial charge in [0.15, 0.2) is 0 Å². The SMILES string of the molecule is CC1(C)C=Cc2c(C(=O)OCCO)c(O)c3ccccc3c2O1. The highest BCUT2D eigenvalue weighted by molar-refractivity contribution is 6.08. The van der Waals surface area contributed by atoms with E-state index in [0.29, 0.717) is 16.7 Å². The molecule has 2 aromatic rings. The van der Waals surface area contributed by atoms with Crippen molar-refractivity contribution in [2.24, 2.45) is 0 Å². The molecule has 0 radical (unpaired) electrons. The van der Waals surface area contributed by atoms with Gasteiger partial charge in [-0.3, -0.25) is 0 Å². The van der Waals surface area contributed by atoms with E-state index in [9.17, 15) is 9.90 Å². The molecule has 3 rings (SSSR count). The lowest BCUT2D eigenvalue weighted by Crippen LogP contribution is -2.28. The molecule has 0 saturated heterocycles. The number of rotatable bonds is 3. The molecule has 0 bridgehead atoms. The van der Waals surface area contributed by atoms with Crippen LogP contribution in [0.2, 0.25) is 0 Å². The molecule has 5 heteroatoms. The Morgan fingerprint density at radius 1 is 1.26 bits per heavy atom. The molecular weight excluding hydrogens is 296 g/mol. The maximum Gasteiger partial charge on any atom is 0.342 e. The first-order valence-electron chi connectivity index (χ1n) is 7.38. The van der Waals surface area contributed by atoms with Crippen molar-refractivity contribution in [3.63, 3.8) is 0 Å². The van der Waals surface area contributed by atoms with Crippen molar-refractivity contribution in [3.05, 3.63) is 41.5 Å². The van der Waals surface area contributed by atoms with E-state index in [-0.39, 0.29) is 24.5 Å². The van der Waals surface area contributed by atoms with E-state index >= 15 is 0 Å². The number of phenolic OH excluding ortho intramolecular Hbond substituents is 1. The Morgan fingerprint density at radius 3 is 2.65 bits per heavy atom. The van der Waals surface area contributed by atoms with E-state index in [2.05, 4.69) is 0 Å². The van der Waals surface area contributed by atoms with Gasteiger partial charge < -0.3 is 19.7 Å². The highest BCUT2D eigenvalue weighted by atomic mass is 16.5. The first-order valence-corrected chi connectivity index (χ1v) is 7.38. The second-order valence-electron chi connectivity index (χ2n) is 5.91. The van der Waals surface area contributed by atoms with Crippen LogP contribution < -0.4 is 4.74 Å². The summed E-state index contributed by atoms with van der Waals surface area (Å²) in [5.41, 5.74) is 0.0290. The van der Waals surface area contributed by atoms with Gasteiger partial charge >= 0.3 is 5.97 Å². The van der Waals surface area contributed by atoms with Crippen LogP contribution in [-0.2, 0) is 4.74 Å². The van der Waals surface area contributed by atoms with Crippen molar-refractivity contribution in [2.45, 2.75) is 19.4 Å². The van der Waals surface area contributed by atoms with Gasteiger partial charge in [0.1, 0.15) is 29.3 Å². The highest BCUT2D eigenvalue weighted by Crippen LogP contribution is 2.44. The van der Waals surface area contributed by atoms with Crippen molar-refractivity contribution in [3.8, 4) is 11.5 Å². The van der Waals surface area contributed by atoms with Crippen LogP contribution in [0.1, 0.15) is 29.8 Å². The molecule has 1 aliphatic rings. The van der Waals surface area contributed by atoms with Crippen LogP contribution >= 0.6 is 0 Å². The van der Waals surface area contributed by atoms with Crippen molar-refractivity contribution < 1.29 is 24.5 Å². The fraction of sp³-hybridized carbons (Fsp3) is 0.278. The third-order valence-corrected chi connectivity index (χ3v) is 3.72. The molecule has 2 N–H and O–H groups in total. The number of carbonyl (C=O) groups is 1. The zero-order valence-corrected chi connectivity index (χ0v) is 13.0. The van der Waals surface area contributed by atoms with Crippen LogP contribution in [0.3, 0.4) is 0 Å². The van der Waals surface area contributed by atoms with E-state index in [0.717, 1.165) is 5.39 Å². The number of hydrogen-bond acceptors (Lipinski definition) is 5. The van der Waals surface area contributed by atoms with Crippen LogP contribution in [0.25, 0.3) is 16.8 Å². The van der Waals surface area contributed by atoms with E-state index in [1.165, 1.54) is 0 Å². The Labute approximate surface area is 133 Å². The predicted octanol–water partition coefficient (Wildman–Crippen LogP) is 2.88. The molecule has 0 aromatic heterocycles. The van der Waals surface area contributed by atoms with Crippen LogP contribution in [0.5, 0.6) is 11.5 Å². The molecule has 0 amide bonds. The lowest BCUT2D eigenvalue weighted by Gasteiger charge is -2.30. The molecule has 0 fully saturated rings. The summed E-state index contributed by atoms with van der Waals surface area (Å²) in [4.78, 5) is 12.3. The molecule has 0 unspecified atom stereocenters.